The Hall–Kier alpha value is -1.75. The van der Waals surface area contributed by atoms with E-state index in [9.17, 15) is 4.79 Å². The van der Waals surface area contributed by atoms with Gasteiger partial charge in [0.2, 0.25) is 5.91 Å². The Labute approximate surface area is 127 Å². The van der Waals surface area contributed by atoms with Crippen molar-refractivity contribution in [1.82, 2.24) is 4.90 Å². The molecule has 5 nitrogen and oxygen atoms in total. The molecule has 5 heteroatoms. The third kappa shape index (κ3) is 4.11. The summed E-state index contributed by atoms with van der Waals surface area (Å²) in [6.07, 6.45) is 0.964. The molecule has 1 unspecified atom stereocenters. The van der Waals surface area contributed by atoms with Crippen LogP contribution in [0.5, 0.6) is 5.75 Å². The molecule has 0 aliphatic heterocycles. The maximum absolute atomic E-state index is 12.4. The average molecular weight is 293 g/mol. The molecule has 0 bridgehead atoms. The fourth-order valence-electron chi connectivity index (χ4n) is 1.97. The molecule has 1 amide bonds. The largest absolute Gasteiger partial charge is 0.497 e. The highest BCUT2D eigenvalue weighted by atomic mass is 16.5. The molecule has 0 spiro atoms. The van der Waals surface area contributed by atoms with Gasteiger partial charge < -0.3 is 15.8 Å². The summed E-state index contributed by atoms with van der Waals surface area (Å²) in [7, 11) is 3.54. The van der Waals surface area contributed by atoms with Crippen molar-refractivity contribution >= 4 is 17.3 Å². The Balaban J connectivity index is 2.81. The van der Waals surface area contributed by atoms with E-state index in [1.807, 2.05) is 14.0 Å². The Morgan fingerprint density at radius 2 is 2.10 bits per heavy atom. The van der Waals surface area contributed by atoms with Gasteiger partial charge in [0.15, 0.2) is 0 Å². The number of nitrogens with one attached hydrogen (secondary N) is 1. The summed E-state index contributed by atoms with van der Waals surface area (Å²) in [5.74, 6) is 0.596. The topological polar surface area (TPSA) is 67.6 Å². The lowest BCUT2D eigenvalue weighted by atomic mass is 9.98. The van der Waals surface area contributed by atoms with Crippen molar-refractivity contribution < 1.29 is 9.53 Å². The lowest BCUT2D eigenvalue weighted by Crippen LogP contribution is -2.50. The van der Waals surface area contributed by atoms with Crippen LogP contribution in [-0.2, 0) is 4.79 Å². The van der Waals surface area contributed by atoms with E-state index in [1.54, 1.807) is 25.3 Å². The number of nitrogens with two attached hydrogens (primary N) is 1. The van der Waals surface area contributed by atoms with Crippen molar-refractivity contribution in [2.45, 2.75) is 45.7 Å². The SMILES string of the molecule is CCC(C)(C)N(C)C(C)C(=O)Nc1ccc(OC)cc1N. The van der Waals surface area contributed by atoms with Gasteiger partial charge in [-0.25, -0.2) is 0 Å². The number of benzene rings is 1. The lowest BCUT2D eigenvalue weighted by molar-refractivity contribution is -0.122. The van der Waals surface area contributed by atoms with Crippen LogP contribution in [0.2, 0.25) is 0 Å². The summed E-state index contributed by atoms with van der Waals surface area (Å²) in [6, 6.07) is 4.97. The lowest BCUT2D eigenvalue weighted by Gasteiger charge is -2.38. The van der Waals surface area contributed by atoms with Crippen LogP contribution in [-0.4, -0.2) is 36.5 Å². The van der Waals surface area contributed by atoms with Gasteiger partial charge in [0, 0.05) is 11.6 Å². The summed E-state index contributed by atoms with van der Waals surface area (Å²) in [5.41, 5.74) is 6.99. The van der Waals surface area contributed by atoms with Crippen LogP contribution in [0.4, 0.5) is 11.4 Å². The van der Waals surface area contributed by atoms with Gasteiger partial charge in [-0.1, -0.05) is 6.92 Å². The second-order valence-electron chi connectivity index (χ2n) is 5.90. The Bertz CT molecular complexity index is 500. The van der Waals surface area contributed by atoms with E-state index in [-0.39, 0.29) is 17.5 Å². The van der Waals surface area contributed by atoms with E-state index in [4.69, 9.17) is 10.5 Å². The smallest absolute Gasteiger partial charge is 0.241 e. The van der Waals surface area contributed by atoms with Crippen LogP contribution >= 0.6 is 0 Å². The van der Waals surface area contributed by atoms with Gasteiger partial charge >= 0.3 is 0 Å². The number of carbonyl (C=O) groups excluding carboxylic acids is 1. The number of ether oxygens (including phenoxy) is 1. The third-order valence-electron chi connectivity index (χ3n) is 4.30. The highest BCUT2D eigenvalue weighted by Crippen LogP contribution is 2.25. The molecule has 1 aromatic carbocycles. The quantitative estimate of drug-likeness (QED) is 0.791. The number of nitrogens with zero attached hydrogens (tertiary/aromatic N) is 1. The maximum Gasteiger partial charge on any atom is 0.241 e. The summed E-state index contributed by atoms with van der Waals surface area (Å²) in [6.45, 7) is 8.26. The number of likely N-dealkylation sites (N-methyl/N-ethyl adjacent to an activating group) is 1. The minimum Gasteiger partial charge on any atom is -0.497 e. The van der Waals surface area contributed by atoms with Crippen molar-refractivity contribution in [2.24, 2.45) is 0 Å². The highest BCUT2D eigenvalue weighted by Gasteiger charge is 2.29. The number of hydrogen-bond acceptors (Lipinski definition) is 4. The van der Waals surface area contributed by atoms with Crippen LogP contribution < -0.4 is 15.8 Å². The van der Waals surface area contributed by atoms with Crippen LogP contribution in [0.1, 0.15) is 34.1 Å². The van der Waals surface area contributed by atoms with Gasteiger partial charge in [0.1, 0.15) is 5.75 Å². The number of amides is 1. The van der Waals surface area contributed by atoms with Gasteiger partial charge in [-0.2, -0.15) is 0 Å². The van der Waals surface area contributed by atoms with Crippen LogP contribution in [0.3, 0.4) is 0 Å². The fourth-order valence-corrected chi connectivity index (χ4v) is 1.97. The van der Waals surface area contributed by atoms with Gasteiger partial charge in [0.05, 0.1) is 24.5 Å². The third-order valence-corrected chi connectivity index (χ3v) is 4.30. The molecule has 1 aromatic rings. The van der Waals surface area contributed by atoms with Crippen molar-refractivity contribution in [3.8, 4) is 5.75 Å². The van der Waals surface area contributed by atoms with Crippen LogP contribution in [0, 0.1) is 0 Å². The first-order valence-corrected chi connectivity index (χ1v) is 7.20. The van der Waals surface area contributed by atoms with Crippen molar-refractivity contribution in [1.29, 1.82) is 0 Å². The predicted octanol–water partition coefficient (Wildman–Crippen LogP) is 2.72. The second-order valence-corrected chi connectivity index (χ2v) is 5.90. The Kier molecular flexibility index (Phi) is 5.61. The zero-order valence-electron chi connectivity index (χ0n) is 13.9. The summed E-state index contributed by atoms with van der Waals surface area (Å²) >= 11 is 0. The number of carbonyl (C=O) groups is 1. The highest BCUT2D eigenvalue weighted by molar-refractivity contribution is 5.97. The standard InChI is InChI=1S/C16H27N3O2/c1-7-16(3,4)19(5)11(2)15(20)18-14-9-8-12(21-6)10-13(14)17/h8-11H,7,17H2,1-6H3,(H,18,20). The van der Waals surface area contributed by atoms with Crippen LogP contribution in [0.15, 0.2) is 18.2 Å². The number of hydrogen-bond donors (Lipinski definition) is 2. The molecule has 21 heavy (non-hydrogen) atoms. The Morgan fingerprint density at radius 1 is 1.48 bits per heavy atom. The number of nitrogen functional groups attached to an aromatic ring is 1. The van der Waals surface area contributed by atoms with Crippen molar-refractivity contribution in [2.75, 3.05) is 25.2 Å². The normalized spacial score (nSPS) is 13.1. The predicted molar refractivity (Wildman–Crippen MR) is 87.6 cm³/mol. The van der Waals surface area contributed by atoms with Gasteiger partial charge in [-0.05, 0) is 46.4 Å². The molecule has 0 aliphatic carbocycles. The first-order chi connectivity index (χ1) is 9.72. The molecule has 0 radical (unpaired) electrons. The van der Waals surface area contributed by atoms with E-state index in [0.717, 1.165) is 6.42 Å². The second kappa shape index (κ2) is 6.80. The molecule has 0 saturated heterocycles. The molecule has 0 fully saturated rings. The minimum atomic E-state index is -0.249. The van der Waals surface area contributed by atoms with E-state index in [0.29, 0.717) is 17.1 Å². The zero-order chi connectivity index (χ0) is 16.2. The molecular formula is C16H27N3O2. The summed E-state index contributed by atoms with van der Waals surface area (Å²) in [4.78, 5) is 14.5. The molecule has 0 heterocycles. The van der Waals surface area contributed by atoms with Gasteiger partial charge in [0.25, 0.3) is 0 Å². The maximum atomic E-state index is 12.4. The Morgan fingerprint density at radius 3 is 2.57 bits per heavy atom. The molecular weight excluding hydrogens is 266 g/mol. The first-order valence-electron chi connectivity index (χ1n) is 7.20. The van der Waals surface area contributed by atoms with Crippen LogP contribution in [0.25, 0.3) is 0 Å². The zero-order valence-corrected chi connectivity index (χ0v) is 13.9. The fraction of sp³-hybridized carbons (Fsp3) is 0.562. The van der Waals surface area contributed by atoms with E-state index < -0.39 is 0 Å². The molecule has 1 atom stereocenters. The molecule has 1 rings (SSSR count). The van der Waals surface area contributed by atoms with Crippen molar-refractivity contribution in [3.63, 3.8) is 0 Å². The first kappa shape index (κ1) is 17.3. The average Bonchev–Trinajstić information content (AvgIpc) is 2.47. The van der Waals surface area contributed by atoms with Gasteiger partial charge in [-0.3, -0.25) is 9.69 Å². The van der Waals surface area contributed by atoms with E-state index >= 15 is 0 Å². The molecule has 0 aliphatic rings. The number of methoxy groups -OCH3 is 1. The van der Waals surface area contributed by atoms with E-state index in [2.05, 4.69) is 31.0 Å². The van der Waals surface area contributed by atoms with Gasteiger partial charge in [-0.15, -0.1) is 0 Å². The summed E-state index contributed by atoms with van der Waals surface area (Å²) < 4.78 is 5.10. The number of rotatable bonds is 6. The minimum absolute atomic E-state index is 0.0395. The molecule has 0 saturated carbocycles. The molecule has 118 valence electrons. The monoisotopic (exact) mass is 293 g/mol. The van der Waals surface area contributed by atoms with Crippen molar-refractivity contribution in [3.05, 3.63) is 18.2 Å². The number of anilines is 2. The summed E-state index contributed by atoms with van der Waals surface area (Å²) in [5, 5.41) is 2.88. The molecule has 3 N–H and O–H groups in total. The molecule has 0 aromatic heterocycles. The van der Waals surface area contributed by atoms with E-state index in [1.165, 1.54) is 0 Å².